The lowest BCUT2D eigenvalue weighted by Crippen LogP contribution is -2.09. The van der Waals surface area contributed by atoms with Crippen LogP contribution in [0.4, 0.5) is 0 Å². The number of phenols is 2. The summed E-state index contributed by atoms with van der Waals surface area (Å²) in [6.45, 7) is 0.528. The molecule has 1 aromatic rings. The SMILES string of the molecule is N#CNCCc1ccc(O)c(O)c1. The average molecular weight is 178 g/mol. The zero-order valence-electron chi connectivity index (χ0n) is 6.99. The summed E-state index contributed by atoms with van der Waals surface area (Å²) in [5.74, 6) is -0.258. The first-order chi connectivity index (χ1) is 6.24. The number of nitrogens with one attached hydrogen (secondary N) is 1. The second kappa shape index (κ2) is 4.21. The minimum atomic E-state index is -0.130. The van der Waals surface area contributed by atoms with Crippen molar-refractivity contribution < 1.29 is 10.2 Å². The molecule has 4 nitrogen and oxygen atoms in total. The van der Waals surface area contributed by atoms with E-state index in [-0.39, 0.29) is 11.5 Å². The fourth-order valence-corrected chi connectivity index (χ4v) is 0.987. The number of phenolic OH excluding ortho intramolecular Hbond substituents is 2. The summed E-state index contributed by atoms with van der Waals surface area (Å²) in [6.07, 6.45) is 2.44. The van der Waals surface area contributed by atoms with Crippen LogP contribution >= 0.6 is 0 Å². The van der Waals surface area contributed by atoms with E-state index in [1.165, 1.54) is 12.1 Å². The van der Waals surface area contributed by atoms with Gasteiger partial charge in [0.2, 0.25) is 0 Å². The smallest absolute Gasteiger partial charge is 0.176 e. The van der Waals surface area contributed by atoms with Gasteiger partial charge in [-0.15, -0.1) is 0 Å². The molecule has 0 atom stereocenters. The number of hydrogen-bond donors (Lipinski definition) is 3. The van der Waals surface area contributed by atoms with Crippen molar-refractivity contribution in [2.45, 2.75) is 6.42 Å². The molecule has 1 aromatic carbocycles. The van der Waals surface area contributed by atoms with Crippen LogP contribution < -0.4 is 5.32 Å². The molecule has 68 valence electrons. The van der Waals surface area contributed by atoms with E-state index in [4.69, 9.17) is 15.5 Å². The highest BCUT2D eigenvalue weighted by molar-refractivity contribution is 5.40. The second-order valence-electron chi connectivity index (χ2n) is 2.61. The fourth-order valence-electron chi connectivity index (χ4n) is 0.987. The summed E-state index contributed by atoms with van der Waals surface area (Å²) in [4.78, 5) is 0. The van der Waals surface area contributed by atoms with Gasteiger partial charge in [0.15, 0.2) is 17.7 Å². The summed E-state index contributed by atoms with van der Waals surface area (Å²) in [5.41, 5.74) is 0.873. The van der Waals surface area contributed by atoms with Crippen LogP contribution in [-0.4, -0.2) is 16.8 Å². The normalized spacial score (nSPS) is 9.15. The Bertz CT molecular complexity index is 331. The molecule has 4 heteroatoms. The molecule has 13 heavy (non-hydrogen) atoms. The third kappa shape index (κ3) is 2.56. The minimum absolute atomic E-state index is 0.128. The molecular formula is C9H10N2O2. The molecule has 0 aliphatic rings. The maximum atomic E-state index is 9.12. The quantitative estimate of drug-likeness (QED) is 0.276. The van der Waals surface area contributed by atoms with E-state index in [2.05, 4.69) is 5.32 Å². The summed E-state index contributed by atoms with van der Waals surface area (Å²) < 4.78 is 0. The molecule has 0 bridgehead atoms. The number of hydrogen-bond acceptors (Lipinski definition) is 4. The Hall–Kier alpha value is -1.89. The van der Waals surface area contributed by atoms with E-state index < -0.39 is 0 Å². The van der Waals surface area contributed by atoms with Crippen molar-refractivity contribution in [2.24, 2.45) is 0 Å². The van der Waals surface area contributed by atoms with E-state index in [0.29, 0.717) is 13.0 Å². The van der Waals surface area contributed by atoms with Crippen LogP contribution in [-0.2, 0) is 6.42 Å². The first kappa shape index (κ1) is 9.20. The number of benzene rings is 1. The highest BCUT2D eigenvalue weighted by Crippen LogP contribution is 2.24. The van der Waals surface area contributed by atoms with Crippen molar-refractivity contribution in [3.63, 3.8) is 0 Å². The monoisotopic (exact) mass is 178 g/mol. The predicted octanol–water partition coefficient (Wildman–Crippen LogP) is 0.711. The van der Waals surface area contributed by atoms with E-state index in [0.717, 1.165) is 5.56 Å². The molecule has 0 fully saturated rings. The molecule has 0 amide bonds. The lowest BCUT2D eigenvalue weighted by atomic mass is 10.1. The van der Waals surface area contributed by atoms with Gasteiger partial charge in [-0.2, -0.15) is 5.26 Å². The van der Waals surface area contributed by atoms with Gasteiger partial charge in [-0.25, -0.2) is 0 Å². The van der Waals surface area contributed by atoms with Crippen molar-refractivity contribution in [3.8, 4) is 17.7 Å². The zero-order chi connectivity index (χ0) is 9.68. The highest BCUT2D eigenvalue weighted by Gasteiger charge is 1.99. The van der Waals surface area contributed by atoms with E-state index in [1.807, 2.05) is 0 Å². The third-order valence-corrected chi connectivity index (χ3v) is 1.66. The maximum absolute atomic E-state index is 9.12. The van der Waals surface area contributed by atoms with Crippen LogP contribution in [0.25, 0.3) is 0 Å². The van der Waals surface area contributed by atoms with Crippen LogP contribution in [0.1, 0.15) is 5.56 Å². The fraction of sp³-hybridized carbons (Fsp3) is 0.222. The van der Waals surface area contributed by atoms with Crippen LogP contribution in [0, 0.1) is 11.5 Å². The molecule has 0 aliphatic carbocycles. The van der Waals surface area contributed by atoms with Gasteiger partial charge in [-0.3, -0.25) is 0 Å². The van der Waals surface area contributed by atoms with Crippen LogP contribution in [0.3, 0.4) is 0 Å². The van der Waals surface area contributed by atoms with Gasteiger partial charge >= 0.3 is 0 Å². The van der Waals surface area contributed by atoms with E-state index in [9.17, 15) is 0 Å². The van der Waals surface area contributed by atoms with Crippen molar-refractivity contribution in [1.82, 2.24) is 5.32 Å². The largest absolute Gasteiger partial charge is 0.504 e. The van der Waals surface area contributed by atoms with Crippen LogP contribution in [0.15, 0.2) is 18.2 Å². The molecule has 0 radical (unpaired) electrons. The van der Waals surface area contributed by atoms with Crippen molar-refractivity contribution >= 4 is 0 Å². The molecule has 0 saturated carbocycles. The molecule has 0 aliphatic heterocycles. The third-order valence-electron chi connectivity index (χ3n) is 1.66. The van der Waals surface area contributed by atoms with E-state index >= 15 is 0 Å². The Balaban J connectivity index is 2.59. The predicted molar refractivity (Wildman–Crippen MR) is 47.1 cm³/mol. The zero-order valence-corrected chi connectivity index (χ0v) is 6.99. The number of nitrogens with zero attached hydrogens (tertiary/aromatic N) is 1. The average Bonchev–Trinajstić information content (AvgIpc) is 2.12. The van der Waals surface area contributed by atoms with Gasteiger partial charge in [0.05, 0.1) is 0 Å². The number of aromatic hydroxyl groups is 2. The molecule has 0 heterocycles. The number of rotatable bonds is 3. The lowest BCUT2D eigenvalue weighted by molar-refractivity contribution is 0.403. The molecule has 3 N–H and O–H groups in total. The van der Waals surface area contributed by atoms with Crippen molar-refractivity contribution in [3.05, 3.63) is 23.8 Å². The minimum Gasteiger partial charge on any atom is -0.504 e. The van der Waals surface area contributed by atoms with Crippen LogP contribution in [0.2, 0.25) is 0 Å². The standard InChI is InChI=1S/C9H10N2O2/c10-6-11-4-3-7-1-2-8(12)9(13)5-7/h1-2,5,11-13H,3-4H2. The van der Waals surface area contributed by atoms with Gasteiger partial charge in [0.25, 0.3) is 0 Å². The first-order valence-corrected chi connectivity index (χ1v) is 3.87. The van der Waals surface area contributed by atoms with Gasteiger partial charge in [-0.1, -0.05) is 6.07 Å². The van der Waals surface area contributed by atoms with Crippen molar-refractivity contribution in [2.75, 3.05) is 6.54 Å². The Kier molecular flexibility index (Phi) is 2.98. The molecule has 0 aromatic heterocycles. The first-order valence-electron chi connectivity index (χ1n) is 3.87. The molecular weight excluding hydrogens is 168 g/mol. The molecule has 1 rings (SSSR count). The van der Waals surface area contributed by atoms with Gasteiger partial charge in [0.1, 0.15) is 0 Å². The molecule has 0 unspecified atom stereocenters. The summed E-state index contributed by atoms with van der Waals surface area (Å²) in [6, 6.07) is 4.61. The summed E-state index contributed by atoms with van der Waals surface area (Å²) in [5, 5.41) is 28.8. The Morgan fingerprint density at radius 2 is 2.08 bits per heavy atom. The van der Waals surface area contributed by atoms with Crippen molar-refractivity contribution in [1.29, 1.82) is 5.26 Å². The number of nitriles is 1. The van der Waals surface area contributed by atoms with Gasteiger partial charge in [-0.05, 0) is 24.1 Å². The lowest BCUT2D eigenvalue weighted by Gasteiger charge is -2.02. The highest BCUT2D eigenvalue weighted by atomic mass is 16.3. The second-order valence-corrected chi connectivity index (χ2v) is 2.61. The Morgan fingerprint density at radius 1 is 1.31 bits per heavy atom. The Labute approximate surface area is 76.1 Å². The molecule has 0 spiro atoms. The maximum Gasteiger partial charge on any atom is 0.176 e. The summed E-state index contributed by atoms with van der Waals surface area (Å²) in [7, 11) is 0. The van der Waals surface area contributed by atoms with Gasteiger partial charge in [0, 0.05) is 6.54 Å². The van der Waals surface area contributed by atoms with Crippen LogP contribution in [0.5, 0.6) is 11.5 Å². The Morgan fingerprint density at radius 3 is 2.69 bits per heavy atom. The summed E-state index contributed by atoms with van der Waals surface area (Å²) >= 11 is 0. The van der Waals surface area contributed by atoms with E-state index in [1.54, 1.807) is 12.3 Å². The van der Waals surface area contributed by atoms with Gasteiger partial charge < -0.3 is 15.5 Å². The molecule has 0 saturated heterocycles. The topological polar surface area (TPSA) is 76.3 Å².